The van der Waals surface area contributed by atoms with E-state index >= 15 is 0 Å². The molecule has 1 aromatic heterocycles. The molecule has 2 heterocycles. The number of H-pyrrole nitrogens is 1. The number of aromatic amines is 1. The quantitative estimate of drug-likeness (QED) is 0.944. The van der Waals surface area contributed by atoms with Crippen molar-refractivity contribution >= 4 is 21.8 Å². The van der Waals surface area contributed by atoms with Crippen LogP contribution in [0, 0.1) is 0 Å². The van der Waals surface area contributed by atoms with Crippen LogP contribution in [-0.2, 0) is 15.5 Å². The van der Waals surface area contributed by atoms with Crippen LogP contribution < -0.4 is 0 Å². The Kier molecular flexibility index (Phi) is 3.38. The number of rotatable bonds is 3. The zero-order chi connectivity index (χ0) is 14.2. The van der Waals surface area contributed by atoms with Crippen molar-refractivity contribution in [3.8, 4) is 0 Å². The van der Waals surface area contributed by atoms with Crippen molar-refractivity contribution in [3.05, 3.63) is 36.1 Å². The normalized spacial score (nSPS) is 19.4. The van der Waals surface area contributed by atoms with Crippen molar-refractivity contribution in [1.29, 1.82) is 0 Å². The van der Waals surface area contributed by atoms with Crippen LogP contribution in [0.25, 0.3) is 11.0 Å². The van der Waals surface area contributed by atoms with E-state index in [2.05, 4.69) is 23.8 Å². The van der Waals surface area contributed by atoms with Gasteiger partial charge >= 0.3 is 0 Å². The molecule has 3 rings (SSSR count). The molecule has 0 aliphatic carbocycles. The van der Waals surface area contributed by atoms with E-state index in [0.29, 0.717) is 10.9 Å². The second-order valence-corrected chi connectivity index (χ2v) is 7.07. The maximum atomic E-state index is 12.4. The number of hydrogen-bond acceptors (Lipinski definition) is 3. The Bertz CT molecular complexity index is 655. The molecular formula is C15H18N2O2S. The summed E-state index contributed by atoms with van der Waals surface area (Å²) in [6, 6.07) is 7.72. The van der Waals surface area contributed by atoms with Gasteiger partial charge in [0.25, 0.3) is 0 Å². The summed E-state index contributed by atoms with van der Waals surface area (Å²) in [5.41, 5.74) is 2.75. The van der Waals surface area contributed by atoms with E-state index in [1.807, 2.05) is 24.3 Å². The molecule has 1 N–H and O–H groups in total. The Labute approximate surface area is 120 Å². The van der Waals surface area contributed by atoms with Crippen molar-refractivity contribution in [3.63, 3.8) is 0 Å². The Morgan fingerprint density at radius 1 is 1.40 bits per heavy atom. The summed E-state index contributed by atoms with van der Waals surface area (Å²) < 4.78 is 18.0. The van der Waals surface area contributed by atoms with Crippen LogP contribution in [0.5, 0.6) is 0 Å². The third-order valence-corrected chi connectivity index (χ3v) is 4.75. The highest BCUT2D eigenvalue weighted by atomic mass is 32.2. The van der Waals surface area contributed by atoms with E-state index in [-0.39, 0.29) is 5.60 Å². The summed E-state index contributed by atoms with van der Waals surface area (Å²) >= 11 is 0. The number of fused-ring (bicyclic) bond motifs is 1. The fourth-order valence-electron chi connectivity index (χ4n) is 2.20. The van der Waals surface area contributed by atoms with Crippen LogP contribution in [0.4, 0.5) is 0 Å². The predicted molar refractivity (Wildman–Crippen MR) is 79.9 cm³/mol. The second kappa shape index (κ2) is 5.05. The largest absolute Gasteiger partial charge is 0.495 e. The van der Waals surface area contributed by atoms with Crippen LogP contribution in [0.1, 0.15) is 26.7 Å². The highest BCUT2D eigenvalue weighted by Gasteiger charge is 2.24. The number of nitrogens with one attached hydrogen (secondary N) is 1. The number of imidazole rings is 1. The molecule has 0 bridgehead atoms. The van der Waals surface area contributed by atoms with Gasteiger partial charge in [0.15, 0.2) is 5.16 Å². The van der Waals surface area contributed by atoms with Gasteiger partial charge in [-0.05, 0) is 44.4 Å². The first-order valence-corrected chi connectivity index (χ1v) is 8.04. The first-order chi connectivity index (χ1) is 9.53. The minimum atomic E-state index is -1.15. The molecule has 0 amide bonds. The van der Waals surface area contributed by atoms with Crippen molar-refractivity contribution in [2.45, 2.75) is 37.4 Å². The van der Waals surface area contributed by atoms with Crippen LogP contribution in [0.2, 0.25) is 0 Å². The monoisotopic (exact) mass is 290 g/mol. The lowest BCUT2D eigenvalue weighted by molar-refractivity contribution is 0.0363. The van der Waals surface area contributed by atoms with Crippen LogP contribution in [0.3, 0.4) is 0 Å². The highest BCUT2D eigenvalue weighted by molar-refractivity contribution is 7.85. The Morgan fingerprint density at radius 2 is 2.20 bits per heavy atom. The number of para-hydroxylation sites is 2. The van der Waals surface area contributed by atoms with Crippen molar-refractivity contribution in [1.82, 2.24) is 9.97 Å². The fourth-order valence-corrected chi connectivity index (χ4v) is 3.31. The lowest BCUT2D eigenvalue weighted by Gasteiger charge is -2.29. The predicted octanol–water partition coefficient (Wildman–Crippen LogP) is 3.14. The molecule has 0 saturated carbocycles. The van der Waals surface area contributed by atoms with Gasteiger partial charge < -0.3 is 9.72 Å². The minimum Gasteiger partial charge on any atom is -0.495 e. The van der Waals surface area contributed by atoms with Gasteiger partial charge in [0.05, 0.1) is 33.8 Å². The summed E-state index contributed by atoms with van der Waals surface area (Å²) in [5, 5.41) is 0.539. The smallest absolute Gasteiger partial charge is 0.197 e. The summed E-state index contributed by atoms with van der Waals surface area (Å²) in [6.45, 7) is 4.13. The minimum absolute atomic E-state index is 0.107. The maximum absolute atomic E-state index is 12.4. The lowest BCUT2D eigenvalue weighted by Crippen LogP contribution is -2.26. The van der Waals surface area contributed by atoms with Crippen molar-refractivity contribution < 1.29 is 8.95 Å². The average molecular weight is 290 g/mol. The third kappa shape index (κ3) is 2.77. The number of benzene rings is 1. The van der Waals surface area contributed by atoms with E-state index in [9.17, 15) is 4.21 Å². The van der Waals surface area contributed by atoms with Gasteiger partial charge in [-0.15, -0.1) is 0 Å². The molecule has 20 heavy (non-hydrogen) atoms. The second-order valence-electron chi connectivity index (χ2n) is 5.70. The van der Waals surface area contributed by atoms with Gasteiger partial charge in [-0.2, -0.15) is 0 Å². The van der Waals surface area contributed by atoms with Gasteiger partial charge in [-0.3, -0.25) is 4.21 Å². The van der Waals surface area contributed by atoms with E-state index < -0.39 is 10.8 Å². The molecule has 2 aromatic rings. The van der Waals surface area contributed by atoms with E-state index in [1.165, 1.54) is 0 Å². The molecule has 0 spiro atoms. The Morgan fingerprint density at radius 3 is 2.90 bits per heavy atom. The van der Waals surface area contributed by atoms with E-state index in [0.717, 1.165) is 29.4 Å². The highest BCUT2D eigenvalue weighted by Crippen LogP contribution is 2.27. The number of aromatic nitrogens is 2. The molecule has 0 radical (unpaired) electrons. The van der Waals surface area contributed by atoms with Crippen LogP contribution in [0.15, 0.2) is 41.3 Å². The molecule has 1 aromatic carbocycles. The third-order valence-electron chi connectivity index (χ3n) is 3.49. The topological polar surface area (TPSA) is 55.0 Å². The first-order valence-electron chi connectivity index (χ1n) is 6.72. The Balaban J connectivity index is 1.75. The SMILES string of the molecule is CC1(C)CCC(CS(=O)c2nc3ccccc3[nH]2)=CO1. The molecule has 0 saturated heterocycles. The summed E-state index contributed by atoms with van der Waals surface area (Å²) in [4.78, 5) is 7.50. The summed E-state index contributed by atoms with van der Waals surface area (Å²) in [5.74, 6) is 0.482. The standard InChI is InChI=1S/C15H18N2O2S/c1-15(2)8-7-11(9-19-15)10-20(18)14-16-12-5-3-4-6-13(12)17-14/h3-6,9H,7-8,10H2,1-2H3,(H,16,17). The fraction of sp³-hybridized carbons (Fsp3) is 0.400. The van der Waals surface area contributed by atoms with E-state index in [4.69, 9.17) is 4.74 Å². The molecule has 1 aliphatic rings. The van der Waals surface area contributed by atoms with Gasteiger partial charge in [0, 0.05) is 0 Å². The van der Waals surface area contributed by atoms with E-state index in [1.54, 1.807) is 6.26 Å². The molecular weight excluding hydrogens is 272 g/mol. The van der Waals surface area contributed by atoms with Crippen LogP contribution in [-0.4, -0.2) is 25.5 Å². The zero-order valence-electron chi connectivity index (χ0n) is 11.7. The van der Waals surface area contributed by atoms with Crippen LogP contribution >= 0.6 is 0 Å². The molecule has 5 heteroatoms. The molecule has 106 valence electrons. The maximum Gasteiger partial charge on any atom is 0.197 e. The number of hydrogen-bond donors (Lipinski definition) is 1. The number of ether oxygens (including phenoxy) is 1. The lowest BCUT2D eigenvalue weighted by atomic mass is 9.97. The summed E-state index contributed by atoms with van der Waals surface area (Å²) in [7, 11) is -1.15. The molecule has 1 atom stereocenters. The first kappa shape index (κ1) is 13.4. The van der Waals surface area contributed by atoms with Gasteiger partial charge in [0.1, 0.15) is 5.60 Å². The Hall–Kier alpha value is -1.62. The van der Waals surface area contributed by atoms with Gasteiger partial charge in [0.2, 0.25) is 0 Å². The average Bonchev–Trinajstić information content (AvgIpc) is 2.85. The summed E-state index contributed by atoms with van der Waals surface area (Å²) in [6.07, 6.45) is 3.65. The van der Waals surface area contributed by atoms with Gasteiger partial charge in [-0.25, -0.2) is 4.98 Å². The molecule has 4 nitrogen and oxygen atoms in total. The van der Waals surface area contributed by atoms with Crippen molar-refractivity contribution in [2.75, 3.05) is 5.75 Å². The molecule has 1 unspecified atom stereocenters. The van der Waals surface area contributed by atoms with Crippen molar-refractivity contribution in [2.24, 2.45) is 0 Å². The van der Waals surface area contributed by atoms with Gasteiger partial charge in [-0.1, -0.05) is 12.1 Å². The number of nitrogens with zero attached hydrogens (tertiary/aromatic N) is 1. The molecule has 0 fully saturated rings. The zero-order valence-corrected chi connectivity index (χ0v) is 12.5. The molecule has 1 aliphatic heterocycles.